The summed E-state index contributed by atoms with van der Waals surface area (Å²) in [7, 11) is 2.07. The second-order valence-corrected chi connectivity index (χ2v) is 5.98. The molecule has 1 N–H and O–H groups in total. The van der Waals surface area contributed by atoms with Crippen molar-refractivity contribution in [2.24, 2.45) is 12.5 Å². The van der Waals surface area contributed by atoms with E-state index in [1.165, 1.54) is 18.7 Å². The molecule has 0 saturated carbocycles. The maximum Gasteiger partial charge on any atom is 0.108 e. The van der Waals surface area contributed by atoms with Gasteiger partial charge in [-0.3, -0.25) is 0 Å². The van der Waals surface area contributed by atoms with E-state index in [1.54, 1.807) is 0 Å². The highest BCUT2D eigenvalue weighted by atomic mass is 15.0. The minimum Gasteiger partial charge on any atom is -0.338 e. The van der Waals surface area contributed by atoms with Gasteiger partial charge in [0.15, 0.2) is 0 Å². The van der Waals surface area contributed by atoms with Crippen molar-refractivity contribution in [3.63, 3.8) is 0 Å². The fourth-order valence-corrected chi connectivity index (χ4v) is 1.91. The lowest BCUT2D eigenvalue weighted by Crippen LogP contribution is -2.28. The number of aromatic nitrogens is 2. The van der Waals surface area contributed by atoms with E-state index in [0.717, 1.165) is 13.0 Å². The quantitative estimate of drug-likeness (QED) is 0.790. The second kappa shape index (κ2) is 6.20. The number of aryl methyl sites for hydroxylation is 2. The van der Waals surface area contributed by atoms with Crippen LogP contribution in [0.3, 0.4) is 0 Å². The van der Waals surface area contributed by atoms with Crippen LogP contribution in [0.15, 0.2) is 12.4 Å². The summed E-state index contributed by atoms with van der Waals surface area (Å²) >= 11 is 0. The molecule has 0 radical (unpaired) electrons. The Morgan fingerprint density at radius 1 is 1.35 bits per heavy atom. The number of hydrogen-bond acceptors (Lipinski definition) is 2. The van der Waals surface area contributed by atoms with Crippen molar-refractivity contribution in [2.45, 2.75) is 53.0 Å². The fourth-order valence-electron chi connectivity index (χ4n) is 1.91. The van der Waals surface area contributed by atoms with Crippen LogP contribution in [0.1, 0.15) is 46.4 Å². The molecule has 3 nitrogen and oxygen atoms in total. The van der Waals surface area contributed by atoms with Crippen LogP contribution < -0.4 is 5.32 Å². The summed E-state index contributed by atoms with van der Waals surface area (Å²) in [6.45, 7) is 10.2. The van der Waals surface area contributed by atoms with Crippen molar-refractivity contribution < 1.29 is 0 Å². The van der Waals surface area contributed by atoms with Crippen molar-refractivity contribution in [3.8, 4) is 0 Å². The predicted molar refractivity (Wildman–Crippen MR) is 73.1 cm³/mol. The van der Waals surface area contributed by atoms with E-state index in [-0.39, 0.29) is 0 Å². The monoisotopic (exact) mass is 237 g/mol. The summed E-state index contributed by atoms with van der Waals surface area (Å²) in [6, 6.07) is 0.584. The van der Waals surface area contributed by atoms with E-state index in [1.807, 2.05) is 12.4 Å². The molecule has 0 atom stereocenters. The normalized spacial score (nSPS) is 12.4. The van der Waals surface area contributed by atoms with Crippen LogP contribution in [0.25, 0.3) is 0 Å². The first kappa shape index (κ1) is 14.2. The molecule has 17 heavy (non-hydrogen) atoms. The molecule has 0 aliphatic rings. The lowest BCUT2D eigenvalue weighted by Gasteiger charge is -2.25. The molecule has 1 rings (SSSR count). The van der Waals surface area contributed by atoms with E-state index >= 15 is 0 Å². The van der Waals surface area contributed by atoms with Gasteiger partial charge in [-0.1, -0.05) is 27.7 Å². The summed E-state index contributed by atoms with van der Waals surface area (Å²) in [4.78, 5) is 4.37. The van der Waals surface area contributed by atoms with Gasteiger partial charge in [0.05, 0.1) is 0 Å². The van der Waals surface area contributed by atoms with Crippen LogP contribution >= 0.6 is 0 Å². The zero-order valence-electron chi connectivity index (χ0n) is 12.0. The van der Waals surface area contributed by atoms with Crippen LogP contribution in [-0.2, 0) is 13.5 Å². The Kier molecular flexibility index (Phi) is 5.19. The van der Waals surface area contributed by atoms with Crippen LogP contribution in [0.5, 0.6) is 0 Å². The van der Waals surface area contributed by atoms with Gasteiger partial charge in [0.25, 0.3) is 0 Å². The van der Waals surface area contributed by atoms with Gasteiger partial charge in [-0.2, -0.15) is 0 Å². The molecule has 0 saturated heterocycles. The highest BCUT2D eigenvalue weighted by Crippen LogP contribution is 2.26. The maximum absolute atomic E-state index is 4.37. The third-order valence-corrected chi connectivity index (χ3v) is 3.30. The number of nitrogens with one attached hydrogen (secondary N) is 1. The highest BCUT2D eigenvalue weighted by Gasteiger charge is 2.18. The van der Waals surface area contributed by atoms with Gasteiger partial charge < -0.3 is 9.88 Å². The topological polar surface area (TPSA) is 29.9 Å². The van der Waals surface area contributed by atoms with Gasteiger partial charge in [0.2, 0.25) is 0 Å². The first-order valence-corrected chi connectivity index (χ1v) is 6.60. The fraction of sp³-hybridized carbons (Fsp3) is 0.786. The van der Waals surface area contributed by atoms with Crippen molar-refractivity contribution in [1.82, 2.24) is 14.9 Å². The van der Waals surface area contributed by atoms with Gasteiger partial charge in [0, 0.05) is 31.9 Å². The molecule has 0 aliphatic heterocycles. The Hall–Kier alpha value is -0.830. The Labute approximate surface area is 106 Å². The molecule has 0 fully saturated rings. The van der Waals surface area contributed by atoms with Crippen LogP contribution in [-0.4, -0.2) is 22.1 Å². The Bertz CT molecular complexity index is 326. The summed E-state index contributed by atoms with van der Waals surface area (Å²) in [5.74, 6) is 1.19. The number of imidazole rings is 1. The summed E-state index contributed by atoms with van der Waals surface area (Å²) in [5.41, 5.74) is 0.383. The van der Waals surface area contributed by atoms with Gasteiger partial charge in [0.1, 0.15) is 5.82 Å². The van der Waals surface area contributed by atoms with Gasteiger partial charge in [-0.15, -0.1) is 0 Å². The molecular formula is C14H27N3. The van der Waals surface area contributed by atoms with Crippen LogP contribution in [0.2, 0.25) is 0 Å². The minimum atomic E-state index is 0.383. The lowest BCUT2D eigenvalue weighted by atomic mass is 9.84. The van der Waals surface area contributed by atoms with E-state index < -0.39 is 0 Å². The van der Waals surface area contributed by atoms with Crippen molar-refractivity contribution in [1.29, 1.82) is 0 Å². The number of rotatable bonds is 7. The van der Waals surface area contributed by atoms with Crippen LogP contribution in [0.4, 0.5) is 0 Å². The summed E-state index contributed by atoms with van der Waals surface area (Å²) in [6.07, 6.45) is 7.37. The molecule has 0 aliphatic carbocycles. The Morgan fingerprint density at radius 3 is 2.59 bits per heavy atom. The molecule has 1 heterocycles. The number of hydrogen-bond donors (Lipinski definition) is 1. The van der Waals surface area contributed by atoms with E-state index in [9.17, 15) is 0 Å². The molecule has 0 bridgehead atoms. The smallest absolute Gasteiger partial charge is 0.108 e. The predicted octanol–water partition coefficient (Wildman–Crippen LogP) is 2.77. The van der Waals surface area contributed by atoms with Crippen molar-refractivity contribution in [2.75, 3.05) is 6.54 Å². The van der Waals surface area contributed by atoms with Gasteiger partial charge >= 0.3 is 0 Å². The largest absolute Gasteiger partial charge is 0.338 e. The highest BCUT2D eigenvalue weighted by molar-refractivity contribution is 4.92. The lowest BCUT2D eigenvalue weighted by molar-refractivity contribution is 0.295. The molecule has 0 spiro atoms. The minimum absolute atomic E-state index is 0.383. The SMILES string of the molecule is CC(C)NCCC(C)(C)CCc1nccn1C. The van der Waals surface area contributed by atoms with Crippen molar-refractivity contribution >= 4 is 0 Å². The maximum atomic E-state index is 4.37. The van der Waals surface area contributed by atoms with Crippen LogP contribution in [0, 0.1) is 5.41 Å². The van der Waals surface area contributed by atoms with Crippen molar-refractivity contribution in [3.05, 3.63) is 18.2 Å². The molecule has 1 aromatic rings. The standard InChI is InChI=1S/C14H27N3/c1-12(2)15-9-8-14(3,4)7-6-13-16-10-11-17(13)5/h10-12,15H,6-9H2,1-5H3. The summed E-state index contributed by atoms with van der Waals surface area (Å²) in [5, 5.41) is 3.49. The molecule has 3 heteroatoms. The first-order chi connectivity index (χ1) is 7.91. The average Bonchev–Trinajstić information content (AvgIpc) is 2.60. The molecule has 0 unspecified atom stereocenters. The molecule has 1 aromatic heterocycles. The molecule has 0 aromatic carbocycles. The third kappa shape index (κ3) is 5.35. The van der Waals surface area contributed by atoms with Gasteiger partial charge in [-0.05, 0) is 24.8 Å². The molecular weight excluding hydrogens is 210 g/mol. The van der Waals surface area contributed by atoms with Gasteiger partial charge in [-0.25, -0.2) is 4.98 Å². The Morgan fingerprint density at radius 2 is 2.06 bits per heavy atom. The summed E-state index contributed by atoms with van der Waals surface area (Å²) < 4.78 is 2.11. The van der Waals surface area contributed by atoms with E-state index in [0.29, 0.717) is 11.5 Å². The zero-order chi connectivity index (χ0) is 12.9. The Balaban J connectivity index is 2.31. The molecule has 98 valence electrons. The van der Waals surface area contributed by atoms with E-state index in [4.69, 9.17) is 0 Å². The zero-order valence-corrected chi connectivity index (χ0v) is 12.0. The number of nitrogens with zero attached hydrogens (tertiary/aromatic N) is 2. The van der Waals surface area contributed by atoms with E-state index in [2.05, 4.69) is 49.6 Å². The third-order valence-electron chi connectivity index (χ3n) is 3.30. The average molecular weight is 237 g/mol. The first-order valence-electron chi connectivity index (χ1n) is 6.60. The second-order valence-electron chi connectivity index (χ2n) is 5.98. The molecule has 0 amide bonds.